The van der Waals surface area contributed by atoms with E-state index in [1.807, 2.05) is 0 Å². The molecule has 1 heterocycles. The van der Waals surface area contributed by atoms with Gasteiger partial charge in [0.05, 0.1) is 0 Å². The van der Waals surface area contributed by atoms with Crippen molar-refractivity contribution in [3.05, 3.63) is 13.8 Å². The van der Waals surface area contributed by atoms with Gasteiger partial charge in [0.1, 0.15) is 0 Å². The molecule has 1 aliphatic rings. The van der Waals surface area contributed by atoms with E-state index in [4.69, 9.17) is 0 Å². The van der Waals surface area contributed by atoms with Gasteiger partial charge >= 0.3 is 23.1 Å². The van der Waals surface area contributed by atoms with Crippen molar-refractivity contribution < 1.29 is 0 Å². The fraction of sp³-hybridized carbons (Fsp3) is 0.750. The van der Waals surface area contributed by atoms with Gasteiger partial charge in [0.25, 0.3) is 0 Å². The summed E-state index contributed by atoms with van der Waals surface area (Å²) < 4.78 is 0. The van der Waals surface area contributed by atoms with Crippen LogP contribution in [-0.2, 0) is 0 Å². The number of piperidine rings is 1. The molecule has 0 radical (unpaired) electrons. The first-order chi connectivity index (χ1) is 3.80. The quantitative estimate of drug-likeness (QED) is 0.373. The molecule has 0 N–H and O–H groups in total. The van der Waals surface area contributed by atoms with Gasteiger partial charge in [-0.2, -0.15) is 12.8 Å². The topological polar surface area (TPSA) is 3.24 Å². The van der Waals surface area contributed by atoms with E-state index >= 15 is 0 Å². The second kappa shape index (κ2) is 6.44. The van der Waals surface area contributed by atoms with E-state index in [-0.39, 0.29) is 30.5 Å². The Labute approximate surface area is 81.3 Å². The predicted octanol–water partition coefficient (Wildman–Crippen LogP) is 1.37. The van der Waals surface area contributed by atoms with E-state index < -0.39 is 0 Å². The maximum absolute atomic E-state index is 2.40. The number of likely N-dealkylation sites (tertiary alicyclic amines) is 1. The van der Waals surface area contributed by atoms with Crippen molar-refractivity contribution in [2.75, 3.05) is 13.6 Å². The molecule has 0 unspecified atom stereocenters. The van der Waals surface area contributed by atoms with Crippen molar-refractivity contribution in [3.8, 4) is 0 Å². The molecule has 1 saturated heterocycles. The Morgan fingerprint density at radius 3 is 2.40 bits per heavy atom. The van der Waals surface area contributed by atoms with Crippen molar-refractivity contribution >= 4 is 23.1 Å². The third-order valence-corrected chi connectivity index (χ3v) is 1.95. The summed E-state index contributed by atoms with van der Waals surface area (Å²) in [5, 5.41) is 0. The SMILES string of the molecule is C[C@H]1C[CH-]CCN1C.[CH3-].[Mg+2]. The van der Waals surface area contributed by atoms with Crippen molar-refractivity contribution in [1.82, 2.24) is 4.90 Å². The zero-order chi connectivity index (χ0) is 5.98. The second-order valence-electron chi connectivity index (χ2n) is 2.64. The average molecular weight is 152 g/mol. The Kier molecular flexibility index (Phi) is 8.58. The van der Waals surface area contributed by atoms with E-state index in [0.717, 1.165) is 6.04 Å². The summed E-state index contributed by atoms with van der Waals surface area (Å²) in [6, 6.07) is 0.781. The molecule has 0 amide bonds. The van der Waals surface area contributed by atoms with Gasteiger partial charge in [-0.1, -0.05) is 6.92 Å². The smallest absolute Gasteiger partial charge is 0.358 e. The Morgan fingerprint density at radius 2 is 2.10 bits per heavy atom. The standard InChI is InChI=1S/C7H14N.CH3.Mg/c1-7-5-3-4-6-8(7)2;;/h3,7H,4-6H2,1-2H3;1H3;/q2*-1;+2/t7-;;/m0../s1. The molecule has 0 aromatic carbocycles. The summed E-state index contributed by atoms with van der Waals surface area (Å²) in [6.45, 7) is 3.52. The van der Waals surface area contributed by atoms with Crippen LogP contribution in [0.2, 0.25) is 0 Å². The van der Waals surface area contributed by atoms with Crippen LogP contribution in [0.25, 0.3) is 0 Å². The maximum Gasteiger partial charge on any atom is 2.00 e. The molecular formula is C8H17MgN. The van der Waals surface area contributed by atoms with E-state index in [2.05, 4.69) is 25.3 Å². The van der Waals surface area contributed by atoms with Crippen molar-refractivity contribution in [1.29, 1.82) is 0 Å². The molecule has 1 atom stereocenters. The van der Waals surface area contributed by atoms with Crippen LogP contribution in [0, 0.1) is 13.8 Å². The molecule has 2 heteroatoms. The Morgan fingerprint density at radius 1 is 1.50 bits per heavy atom. The van der Waals surface area contributed by atoms with Crippen LogP contribution in [0.1, 0.15) is 19.8 Å². The molecule has 1 aliphatic heterocycles. The van der Waals surface area contributed by atoms with Gasteiger partial charge in [0, 0.05) is 0 Å². The van der Waals surface area contributed by atoms with Gasteiger partial charge in [-0.15, -0.1) is 0 Å². The van der Waals surface area contributed by atoms with Gasteiger partial charge < -0.3 is 18.7 Å². The zero-order valence-corrected chi connectivity index (χ0v) is 8.84. The molecule has 10 heavy (non-hydrogen) atoms. The molecule has 0 aliphatic carbocycles. The molecule has 0 bridgehead atoms. The van der Waals surface area contributed by atoms with Gasteiger partial charge in [-0.3, -0.25) is 0 Å². The first-order valence-electron chi connectivity index (χ1n) is 3.32. The number of rotatable bonds is 0. The monoisotopic (exact) mass is 151 g/mol. The van der Waals surface area contributed by atoms with Crippen molar-refractivity contribution in [3.63, 3.8) is 0 Å². The molecule has 0 spiro atoms. The largest absolute Gasteiger partial charge is 2.00 e. The molecular weight excluding hydrogens is 134 g/mol. The number of hydrogen-bond acceptors (Lipinski definition) is 1. The summed E-state index contributed by atoms with van der Waals surface area (Å²) in [6.07, 6.45) is 4.93. The van der Waals surface area contributed by atoms with E-state index in [1.165, 1.54) is 19.4 Å². The fourth-order valence-corrected chi connectivity index (χ4v) is 1.05. The molecule has 0 aromatic heterocycles. The van der Waals surface area contributed by atoms with Crippen LogP contribution >= 0.6 is 0 Å². The number of hydrogen-bond donors (Lipinski definition) is 0. The minimum absolute atomic E-state index is 0. The average Bonchev–Trinajstić information content (AvgIpc) is 1.77. The fourth-order valence-electron chi connectivity index (χ4n) is 1.05. The minimum atomic E-state index is 0. The molecule has 1 rings (SSSR count). The van der Waals surface area contributed by atoms with Crippen LogP contribution in [0.4, 0.5) is 0 Å². The number of nitrogens with zero attached hydrogens (tertiary/aromatic N) is 1. The molecule has 56 valence electrons. The van der Waals surface area contributed by atoms with E-state index in [0.29, 0.717) is 0 Å². The predicted molar refractivity (Wildman–Crippen MR) is 47.8 cm³/mol. The van der Waals surface area contributed by atoms with Crippen molar-refractivity contribution in [2.45, 2.75) is 25.8 Å². The van der Waals surface area contributed by atoms with Gasteiger partial charge in [0.2, 0.25) is 0 Å². The first kappa shape index (κ1) is 13.3. The minimum Gasteiger partial charge on any atom is -0.358 e. The van der Waals surface area contributed by atoms with Crippen LogP contribution in [0.15, 0.2) is 0 Å². The zero-order valence-electron chi connectivity index (χ0n) is 7.43. The van der Waals surface area contributed by atoms with Gasteiger partial charge in [-0.05, 0) is 19.6 Å². The Balaban J connectivity index is 0. The Hall–Kier alpha value is 0.726. The Bertz CT molecular complexity index is 65.7. The normalized spacial score (nSPS) is 26.4. The van der Waals surface area contributed by atoms with Crippen LogP contribution in [0.3, 0.4) is 0 Å². The van der Waals surface area contributed by atoms with Crippen molar-refractivity contribution in [2.24, 2.45) is 0 Å². The van der Waals surface area contributed by atoms with Gasteiger partial charge in [0.15, 0.2) is 0 Å². The summed E-state index contributed by atoms with van der Waals surface area (Å²) in [5.41, 5.74) is 0. The third kappa shape index (κ3) is 3.79. The first-order valence-corrected chi connectivity index (χ1v) is 3.32. The summed E-state index contributed by atoms with van der Waals surface area (Å²) in [4.78, 5) is 2.40. The molecule has 1 nitrogen and oxygen atoms in total. The van der Waals surface area contributed by atoms with Gasteiger partial charge in [-0.25, -0.2) is 0 Å². The second-order valence-corrected chi connectivity index (χ2v) is 2.64. The molecule has 0 aromatic rings. The summed E-state index contributed by atoms with van der Waals surface area (Å²) >= 11 is 0. The summed E-state index contributed by atoms with van der Waals surface area (Å²) in [7, 11) is 2.19. The third-order valence-electron chi connectivity index (χ3n) is 1.95. The molecule has 0 saturated carbocycles. The maximum atomic E-state index is 2.40. The van der Waals surface area contributed by atoms with Crippen LogP contribution in [0.5, 0.6) is 0 Å². The van der Waals surface area contributed by atoms with E-state index in [1.54, 1.807) is 0 Å². The molecule has 1 fully saturated rings. The van der Waals surface area contributed by atoms with Crippen LogP contribution < -0.4 is 0 Å². The summed E-state index contributed by atoms with van der Waals surface area (Å²) in [5.74, 6) is 0. The van der Waals surface area contributed by atoms with Crippen LogP contribution in [-0.4, -0.2) is 47.6 Å². The van der Waals surface area contributed by atoms with E-state index in [9.17, 15) is 0 Å².